The molecule has 0 aliphatic heterocycles. The number of rotatable bonds is 5. The minimum absolute atomic E-state index is 0.227. The summed E-state index contributed by atoms with van der Waals surface area (Å²) in [5, 5.41) is 4.13. The van der Waals surface area contributed by atoms with E-state index in [9.17, 15) is 0 Å². The van der Waals surface area contributed by atoms with E-state index >= 15 is 0 Å². The summed E-state index contributed by atoms with van der Waals surface area (Å²) >= 11 is 15.4. The fraction of sp³-hybridized carbons (Fsp3) is 0.231. The van der Waals surface area contributed by atoms with Gasteiger partial charge in [0.1, 0.15) is 0 Å². The highest BCUT2D eigenvalue weighted by molar-refractivity contribution is 9.10. The molecule has 1 N–H and O–H groups in total. The van der Waals surface area contributed by atoms with E-state index in [0.29, 0.717) is 20.3 Å². The minimum Gasteiger partial charge on any atom is -0.423 e. The predicted octanol–water partition coefficient (Wildman–Crippen LogP) is 4.45. The van der Waals surface area contributed by atoms with Gasteiger partial charge in [-0.2, -0.15) is 0 Å². The molecule has 2 rings (SSSR count). The third-order valence-corrected chi connectivity index (χ3v) is 3.93. The van der Waals surface area contributed by atoms with Crippen molar-refractivity contribution in [3.8, 4) is 11.8 Å². The summed E-state index contributed by atoms with van der Waals surface area (Å²) in [6, 6.07) is 3.51. The summed E-state index contributed by atoms with van der Waals surface area (Å²) in [6.07, 6.45) is 3.42. The van der Waals surface area contributed by atoms with Crippen molar-refractivity contribution in [1.29, 1.82) is 0 Å². The smallest absolute Gasteiger partial charge is 0.321 e. The van der Waals surface area contributed by atoms with Gasteiger partial charge in [0.2, 0.25) is 0 Å². The molecule has 20 heavy (non-hydrogen) atoms. The van der Waals surface area contributed by atoms with E-state index < -0.39 is 0 Å². The lowest BCUT2D eigenvalue weighted by atomic mass is 10.3. The Bertz CT molecular complexity index is 593. The van der Waals surface area contributed by atoms with E-state index in [1.165, 1.54) is 0 Å². The third kappa shape index (κ3) is 4.06. The molecule has 0 fully saturated rings. The number of halogens is 3. The lowest BCUT2D eigenvalue weighted by molar-refractivity contribution is 0.441. The van der Waals surface area contributed by atoms with Gasteiger partial charge in [0.05, 0.1) is 10.0 Å². The highest BCUT2D eigenvalue weighted by atomic mass is 79.9. The van der Waals surface area contributed by atoms with E-state index in [0.717, 1.165) is 18.7 Å². The van der Waals surface area contributed by atoms with Crippen LogP contribution in [0.15, 0.2) is 29.0 Å². The van der Waals surface area contributed by atoms with Gasteiger partial charge in [0, 0.05) is 35.0 Å². The fourth-order valence-electron chi connectivity index (χ4n) is 1.44. The van der Waals surface area contributed by atoms with E-state index in [-0.39, 0.29) is 6.01 Å². The van der Waals surface area contributed by atoms with Gasteiger partial charge >= 0.3 is 6.01 Å². The van der Waals surface area contributed by atoms with Gasteiger partial charge in [-0.3, -0.25) is 0 Å². The highest BCUT2D eigenvalue weighted by Crippen LogP contribution is 2.35. The summed E-state index contributed by atoms with van der Waals surface area (Å²) in [5.74, 6) is 0.416. The summed E-state index contributed by atoms with van der Waals surface area (Å²) in [5.41, 5.74) is 0.985. The van der Waals surface area contributed by atoms with Crippen molar-refractivity contribution in [2.45, 2.75) is 13.5 Å². The van der Waals surface area contributed by atoms with Crippen molar-refractivity contribution in [3.05, 3.63) is 44.6 Å². The van der Waals surface area contributed by atoms with Crippen molar-refractivity contribution in [2.75, 3.05) is 6.54 Å². The maximum atomic E-state index is 6.07. The summed E-state index contributed by atoms with van der Waals surface area (Å²) in [4.78, 5) is 8.27. The third-order valence-electron chi connectivity index (χ3n) is 2.44. The molecule has 0 aliphatic carbocycles. The van der Waals surface area contributed by atoms with Crippen LogP contribution in [0.2, 0.25) is 10.0 Å². The predicted molar refractivity (Wildman–Crippen MR) is 83.6 cm³/mol. The van der Waals surface area contributed by atoms with Crippen molar-refractivity contribution in [1.82, 2.24) is 15.3 Å². The molecule has 7 heteroatoms. The molecule has 0 unspecified atom stereocenters. The van der Waals surface area contributed by atoms with Crippen molar-refractivity contribution in [2.24, 2.45) is 0 Å². The first-order chi connectivity index (χ1) is 9.60. The van der Waals surface area contributed by atoms with Gasteiger partial charge < -0.3 is 10.1 Å². The second-order valence-corrected chi connectivity index (χ2v) is 5.62. The Labute approximate surface area is 135 Å². The van der Waals surface area contributed by atoms with E-state index in [1.54, 1.807) is 24.5 Å². The topological polar surface area (TPSA) is 47.0 Å². The van der Waals surface area contributed by atoms with Gasteiger partial charge in [0.25, 0.3) is 0 Å². The molecule has 1 aromatic heterocycles. The van der Waals surface area contributed by atoms with Gasteiger partial charge in [-0.05, 0) is 28.5 Å². The number of hydrogen-bond donors (Lipinski definition) is 1. The number of hydrogen-bond acceptors (Lipinski definition) is 4. The molecule has 0 saturated carbocycles. The van der Waals surface area contributed by atoms with Gasteiger partial charge in [-0.25, -0.2) is 9.97 Å². The summed E-state index contributed by atoms with van der Waals surface area (Å²) in [6.45, 7) is 3.66. The Hall–Kier alpha value is -0.880. The van der Waals surface area contributed by atoms with Crippen LogP contribution >= 0.6 is 39.1 Å². The zero-order valence-electron chi connectivity index (χ0n) is 10.7. The summed E-state index contributed by atoms with van der Waals surface area (Å²) < 4.78 is 6.23. The van der Waals surface area contributed by atoms with Crippen LogP contribution in [0.1, 0.15) is 12.5 Å². The molecule has 0 spiro atoms. The van der Waals surface area contributed by atoms with E-state index in [4.69, 9.17) is 27.9 Å². The Morgan fingerprint density at radius 2 is 1.90 bits per heavy atom. The van der Waals surface area contributed by atoms with Crippen LogP contribution in [0.3, 0.4) is 0 Å². The van der Waals surface area contributed by atoms with E-state index in [1.807, 2.05) is 6.92 Å². The molecule has 0 aliphatic rings. The molecular formula is C13H12BrCl2N3O. The second kappa shape index (κ2) is 7.22. The molecule has 0 bridgehead atoms. The number of ether oxygens (including phenoxy) is 1. The standard InChI is InChI=1S/C13H12BrCl2N3O/c1-2-17-5-8-6-18-13(19-7-8)20-12-4-10(15)9(14)3-11(12)16/h3-4,6-7,17H,2,5H2,1H3. The first kappa shape index (κ1) is 15.5. The molecule has 106 valence electrons. The first-order valence-corrected chi connectivity index (χ1v) is 7.49. The van der Waals surface area contributed by atoms with Gasteiger partial charge in [-0.1, -0.05) is 30.1 Å². The van der Waals surface area contributed by atoms with Gasteiger partial charge in [0.15, 0.2) is 5.75 Å². The van der Waals surface area contributed by atoms with Crippen LogP contribution < -0.4 is 10.1 Å². The van der Waals surface area contributed by atoms with E-state index in [2.05, 4.69) is 31.2 Å². The number of nitrogens with zero attached hydrogens (tertiary/aromatic N) is 2. The van der Waals surface area contributed by atoms with Crippen LogP contribution in [0.5, 0.6) is 11.8 Å². The van der Waals surface area contributed by atoms with Crippen LogP contribution in [0.25, 0.3) is 0 Å². The van der Waals surface area contributed by atoms with Crippen LogP contribution in [-0.4, -0.2) is 16.5 Å². The Morgan fingerprint density at radius 3 is 2.55 bits per heavy atom. The Morgan fingerprint density at radius 1 is 1.20 bits per heavy atom. The number of aromatic nitrogens is 2. The SMILES string of the molecule is CCNCc1cnc(Oc2cc(Cl)c(Br)cc2Cl)nc1. The average molecular weight is 377 g/mol. The fourth-order valence-corrected chi connectivity index (χ4v) is 2.27. The van der Waals surface area contributed by atoms with Crippen LogP contribution in [-0.2, 0) is 6.54 Å². The normalized spacial score (nSPS) is 10.6. The molecule has 0 saturated heterocycles. The monoisotopic (exact) mass is 375 g/mol. The van der Waals surface area contributed by atoms with Crippen LogP contribution in [0.4, 0.5) is 0 Å². The maximum Gasteiger partial charge on any atom is 0.321 e. The van der Waals surface area contributed by atoms with Gasteiger partial charge in [-0.15, -0.1) is 0 Å². The number of benzene rings is 1. The zero-order valence-corrected chi connectivity index (χ0v) is 13.8. The lowest BCUT2D eigenvalue weighted by Gasteiger charge is -2.08. The molecule has 0 atom stereocenters. The zero-order chi connectivity index (χ0) is 14.5. The average Bonchev–Trinajstić information content (AvgIpc) is 2.44. The maximum absolute atomic E-state index is 6.07. The molecule has 2 aromatic rings. The van der Waals surface area contributed by atoms with Crippen molar-refractivity contribution >= 4 is 39.1 Å². The minimum atomic E-state index is 0.227. The van der Waals surface area contributed by atoms with Crippen LogP contribution in [0, 0.1) is 0 Å². The molecule has 0 radical (unpaired) electrons. The van der Waals surface area contributed by atoms with Crippen molar-refractivity contribution < 1.29 is 4.74 Å². The molecule has 0 amide bonds. The Kier molecular flexibility index (Phi) is 5.60. The molecule has 1 heterocycles. The first-order valence-electron chi connectivity index (χ1n) is 5.94. The molecular weight excluding hydrogens is 365 g/mol. The summed E-state index contributed by atoms with van der Waals surface area (Å²) in [7, 11) is 0. The lowest BCUT2D eigenvalue weighted by Crippen LogP contribution is -2.12. The molecule has 1 aromatic carbocycles. The molecule has 4 nitrogen and oxygen atoms in total. The number of nitrogens with one attached hydrogen (secondary N) is 1. The Balaban J connectivity index is 2.12. The van der Waals surface area contributed by atoms with Crippen molar-refractivity contribution in [3.63, 3.8) is 0 Å². The highest BCUT2D eigenvalue weighted by Gasteiger charge is 2.09. The largest absolute Gasteiger partial charge is 0.423 e. The second-order valence-electron chi connectivity index (χ2n) is 3.95. The quantitative estimate of drug-likeness (QED) is 0.783.